The van der Waals surface area contributed by atoms with E-state index >= 15 is 0 Å². The van der Waals surface area contributed by atoms with Gasteiger partial charge in [0.2, 0.25) is 5.91 Å². The molecule has 3 rings (SSSR count). The second-order valence-electron chi connectivity index (χ2n) is 7.15. The highest BCUT2D eigenvalue weighted by atomic mass is 32.2. The molecule has 0 spiro atoms. The molecule has 2 aromatic heterocycles. The van der Waals surface area contributed by atoms with Crippen molar-refractivity contribution in [2.75, 3.05) is 21.5 Å². The normalized spacial score (nSPS) is 11.0. The molecule has 0 saturated carbocycles. The van der Waals surface area contributed by atoms with Gasteiger partial charge in [0.05, 0.1) is 21.8 Å². The molecule has 3 aromatic rings. The molecule has 0 aliphatic heterocycles. The lowest BCUT2D eigenvalue weighted by Crippen LogP contribution is -2.16. The summed E-state index contributed by atoms with van der Waals surface area (Å²) < 4.78 is 27.2. The Hall–Kier alpha value is -3.65. The molecule has 34 heavy (non-hydrogen) atoms. The molecule has 0 aliphatic carbocycles. The third-order valence-corrected chi connectivity index (χ3v) is 7.62. The summed E-state index contributed by atoms with van der Waals surface area (Å²) >= 11 is 2.18. The fourth-order valence-corrected chi connectivity index (χ4v) is 5.59. The molecule has 0 atom stereocenters. The molecule has 0 unspecified atom stereocenters. The van der Waals surface area contributed by atoms with Gasteiger partial charge in [-0.25, -0.2) is 18.4 Å². The van der Waals surface area contributed by atoms with Crippen molar-refractivity contribution < 1.29 is 13.2 Å². The number of hydrogen-bond donors (Lipinski definition) is 3. The Bertz CT molecular complexity index is 1390. The van der Waals surface area contributed by atoms with Crippen molar-refractivity contribution in [1.82, 2.24) is 9.97 Å². The molecule has 1 aromatic carbocycles. The van der Waals surface area contributed by atoms with Crippen molar-refractivity contribution in [3.63, 3.8) is 0 Å². The van der Waals surface area contributed by atoms with Gasteiger partial charge in [-0.15, -0.1) is 11.3 Å². The van der Waals surface area contributed by atoms with Gasteiger partial charge in [-0.2, -0.15) is 10.5 Å². The number of thioether (sulfide) groups is 1. The number of amides is 1. The third kappa shape index (κ3) is 5.63. The summed E-state index contributed by atoms with van der Waals surface area (Å²) in [4.78, 5) is 20.5. The number of nitrogens with one attached hydrogen (secondary N) is 2. The second kappa shape index (κ2) is 10.5. The summed E-state index contributed by atoms with van der Waals surface area (Å²) in [5, 5.41) is 23.8. The number of anilines is 3. The van der Waals surface area contributed by atoms with Crippen molar-refractivity contribution in [3.8, 4) is 12.1 Å². The van der Waals surface area contributed by atoms with Crippen LogP contribution in [0.4, 0.5) is 16.6 Å². The summed E-state index contributed by atoms with van der Waals surface area (Å²) in [6, 6.07) is 9.73. The van der Waals surface area contributed by atoms with Crippen molar-refractivity contribution in [3.05, 3.63) is 52.5 Å². The van der Waals surface area contributed by atoms with Gasteiger partial charge >= 0.3 is 0 Å². The number of benzene rings is 1. The van der Waals surface area contributed by atoms with Gasteiger partial charge in [0.25, 0.3) is 10.0 Å². The minimum absolute atomic E-state index is 0.0104. The molecular formula is C21H19N7O3S3. The number of pyridine rings is 1. The maximum atomic E-state index is 12.4. The highest BCUT2D eigenvalue weighted by Crippen LogP contribution is 2.33. The van der Waals surface area contributed by atoms with Crippen LogP contribution < -0.4 is 15.8 Å². The van der Waals surface area contributed by atoms with Crippen LogP contribution in [0.2, 0.25) is 0 Å². The molecule has 13 heteroatoms. The van der Waals surface area contributed by atoms with Gasteiger partial charge in [-0.3, -0.25) is 9.52 Å². The Balaban J connectivity index is 1.69. The fourth-order valence-electron chi connectivity index (χ4n) is 3.00. The van der Waals surface area contributed by atoms with E-state index in [4.69, 9.17) is 5.73 Å². The van der Waals surface area contributed by atoms with Crippen LogP contribution in [-0.2, 0) is 14.8 Å². The van der Waals surface area contributed by atoms with E-state index in [0.717, 1.165) is 23.1 Å². The first-order valence-corrected chi connectivity index (χ1v) is 13.1. The average molecular weight is 514 g/mol. The van der Waals surface area contributed by atoms with Gasteiger partial charge in [-0.05, 0) is 35.7 Å². The van der Waals surface area contributed by atoms with Crippen molar-refractivity contribution in [2.45, 2.75) is 29.7 Å². The zero-order valence-corrected chi connectivity index (χ0v) is 20.5. The number of nitrogens with two attached hydrogens (primary N) is 1. The Morgan fingerprint density at radius 1 is 1.21 bits per heavy atom. The molecule has 0 bridgehead atoms. The number of hydrogen-bond acceptors (Lipinski definition) is 10. The lowest BCUT2D eigenvalue weighted by Gasteiger charge is -2.15. The molecule has 0 fully saturated rings. The molecule has 0 saturated heterocycles. The Labute approximate surface area is 204 Å². The lowest BCUT2D eigenvalue weighted by molar-refractivity contribution is -0.113. The summed E-state index contributed by atoms with van der Waals surface area (Å²) in [6.07, 6.45) is 1.49. The largest absolute Gasteiger partial charge is 0.383 e. The second-order valence-corrected chi connectivity index (χ2v) is 10.7. The maximum Gasteiger partial charge on any atom is 0.263 e. The highest BCUT2D eigenvalue weighted by molar-refractivity contribution is 8.00. The Kier molecular flexibility index (Phi) is 7.73. The predicted octanol–water partition coefficient (Wildman–Crippen LogP) is 3.52. The number of sulfonamides is 1. The van der Waals surface area contributed by atoms with E-state index in [1.807, 2.05) is 19.9 Å². The number of nitrogens with zero attached hydrogens (tertiary/aromatic N) is 4. The van der Waals surface area contributed by atoms with Gasteiger partial charge in [0.1, 0.15) is 23.0 Å². The van der Waals surface area contributed by atoms with Crippen LogP contribution in [-0.4, -0.2) is 30.0 Å². The Morgan fingerprint density at radius 3 is 2.44 bits per heavy atom. The number of carbonyl (C=O) groups is 1. The topological polar surface area (TPSA) is 175 Å². The van der Waals surface area contributed by atoms with E-state index in [0.29, 0.717) is 11.3 Å². The van der Waals surface area contributed by atoms with Crippen LogP contribution >= 0.6 is 23.1 Å². The minimum atomic E-state index is -3.80. The lowest BCUT2D eigenvalue weighted by atomic mass is 9.94. The molecule has 10 nitrogen and oxygen atoms in total. The third-order valence-electron chi connectivity index (χ3n) is 4.47. The number of thiazole rings is 1. The van der Waals surface area contributed by atoms with Crippen molar-refractivity contribution in [2.24, 2.45) is 0 Å². The van der Waals surface area contributed by atoms with Gasteiger partial charge in [-0.1, -0.05) is 25.6 Å². The van der Waals surface area contributed by atoms with Crippen LogP contribution in [0.5, 0.6) is 0 Å². The van der Waals surface area contributed by atoms with E-state index in [9.17, 15) is 23.7 Å². The number of carbonyl (C=O) groups excluding carboxylic acids is 1. The Morgan fingerprint density at radius 2 is 1.88 bits per heavy atom. The molecule has 0 radical (unpaired) electrons. The fraction of sp³-hybridized carbons (Fsp3) is 0.190. The van der Waals surface area contributed by atoms with Gasteiger partial charge < -0.3 is 11.1 Å². The molecule has 174 valence electrons. The molecule has 2 heterocycles. The predicted molar refractivity (Wildman–Crippen MR) is 131 cm³/mol. The number of nitriles is 2. The van der Waals surface area contributed by atoms with E-state index in [-0.39, 0.29) is 49.6 Å². The van der Waals surface area contributed by atoms with Gasteiger partial charge in [0, 0.05) is 17.3 Å². The van der Waals surface area contributed by atoms with E-state index in [2.05, 4.69) is 26.1 Å². The van der Waals surface area contributed by atoms with E-state index in [1.165, 1.54) is 30.5 Å². The van der Waals surface area contributed by atoms with Crippen LogP contribution in [0.25, 0.3) is 0 Å². The van der Waals surface area contributed by atoms with Crippen LogP contribution in [0.3, 0.4) is 0 Å². The molecule has 0 aliphatic rings. The minimum Gasteiger partial charge on any atom is -0.383 e. The standard InChI is InChI=1S/C21H19N7O3S3/c1-12(2)18-15(9-22)19(24)27-20(16(18)10-23)33-11-17(29)26-13-3-5-14(6-4-13)34(30,31)28-21-25-7-8-32-21/h3-8,12H,11H2,1-2H3,(H2,24,27)(H,25,28)(H,26,29). The number of rotatable bonds is 8. The van der Waals surface area contributed by atoms with Crippen molar-refractivity contribution >= 4 is 55.7 Å². The molecular weight excluding hydrogens is 494 g/mol. The first-order valence-electron chi connectivity index (χ1n) is 9.74. The van der Waals surface area contributed by atoms with E-state index in [1.54, 1.807) is 5.38 Å². The van der Waals surface area contributed by atoms with Crippen LogP contribution in [0.15, 0.2) is 45.8 Å². The summed E-state index contributed by atoms with van der Waals surface area (Å²) in [5.74, 6) is -0.587. The summed E-state index contributed by atoms with van der Waals surface area (Å²) in [5.41, 5.74) is 7.19. The monoisotopic (exact) mass is 513 g/mol. The number of nitrogen functional groups attached to an aromatic ring is 1. The zero-order valence-electron chi connectivity index (χ0n) is 18.1. The summed E-state index contributed by atoms with van der Waals surface area (Å²) in [7, 11) is -3.80. The zero-order chi connectivity index (χ0) is 24.9. The first kappa shape index (κ1) is 25.0. The van der Waals surface area contributed by atoms with Crippen LogP contribution in [0, 0.1) is 22.7 Å². The molecule has 4 N–H and O–H groups in total. The molecule has 1 amide bonds. The maximum absolute atomic E-state index is 12.4. The quantitative estimate of drug-likeness (QED) is 0.380. The summed E-state index contributed by atoms with van der Waals surface area (Å²) in [6.45, 7) is 3.68. The highest BCUT2D eigenvalue weighted by Gasteiger charge is 2.22. The van der Waals surface area contributed by atoms with Crippen LogP contribution in [0.1, 0.15) is 36.5 Å². The SMILES string of the molecule is CC(C)c1c(C#N)c(N)nc(SCC(=O)Nc2ccc(S(=O)(=O)Nc3nccs3)cc2)c1C#N. The van der Waals surface area contributed by atoms with Crippen molar-refractivity contribution in [1.29, 1.82) is 10.5 Å². The van der Waals surface area contributed by atoms with Gasteiger partial charge in [0.15, 0.2) is 5.13 Å². The first-order chi connectivity index (χ1) is 16.2. The number of aromatic nitrogens is 2. The van der Waals surface area contributed by atoms with E-state index < -0.39 is 10.0 Å². The average Bonchev–Trinajstić information content (AvgIpc) is 3.29. The smallest absolute Gasteiger partial charge is 0.263 e.